The van der Waals surface area contributed by atoms with Gasteiger partial charge < -0.3 is 10.6 Å². The van der Waals surface area contributed by atoms with Crippen LogP contribution in [0, 0.1) is 6.92 Å². The third-order valence-electron chi connectivity index (χ3n) is 3.56. The molecule has 1 aliphatic rings. The van der Waals surface area contributed by atoms with Crippen LogP contribution in [-0.2, 0) is 11.2 Å². The van der Waals surface area contributed by atoms with E-state index in [1.807, 2.05) is 12.4 Å². The van der Waals surface area contributed by atoms with Crippen LogP contribution >= 0.6 is 23.1 Å². The molecule has 2 N–H and O–H groups in total. The van der Waals surface area contributed by atoms with E-state index in [2.05, 4.69) is 15.2 Å². The van der Waals surface area contributed by atoms with Crippen molar-refractivity contribution >= 4 is 23.1 Å². The van der Waals surface area contributed by atoms with Crippen molar-refractivity contribution in [2.45, 2.75) is 43.9 Å². The number of ether oxygens (including phenoxy) is 1. The van der Waals surface area contributed by atoms with E-state index in [1.54, 1.807) is 27.8 Å². The van der Waals surface area contributed by atoms with E-state index in [9.17, 15) is 0 Å². The first-order chi connectivity index (χ1) is 10.3. The Bertz CT molecular complexity index is 591. The highest BCUT2D eigenvalue weighted by Gasteiger charge is 2.23. The van der Waals surface area contributed by atoms with Gasteiger partial charge in [-0.1, -0.05) is 11.8 Å². The van der Waals surface area contributed by atoms with Crippen LogP contribution in [-0.4, -0.2) is 32.2 Å². The Labute approximate surface area is 132 Å². The standard InChI is InChI=1S/C13H19N5OS2/c1-9-11(21-8-15-9)5-7-20-13-17-16-12(18(13)14)10-4-2-3-6-19-10/h8,10H,2-7,14H2,1H3/t10-/m1/s1. The maximum atomic E-state index is 6.10. The van der Waals surface area contributed by atoms with Gasteiger partial charge in [-0.2, -0.15) is 0 Å². The molecule has 0 spiro atoms. The lowest BCUT2D eigenvalue weighted by atomic mass is 10.1. The molecule has 8 heteroatoms. The SMILES string of the molecule is Cc1ncsc1CCSc1nnc([C@H]2CCCCO2)n1N. The molecular formula is C13H19N5OS2. The minimum Gasteiger partial charge on any atom is -0.370 e. The smallest absolute Gasteiger partial charge is 0.209 e. The van der Waals surface area contributed by atoms with E-state index in [1.165, 1.54) is 4.88 Å². The molecule has 1 atom stereocenters. The molecule has 21 heavy (non-hydrogen) atoms. The van der Waals surface area contributed by atoms with Gasteiger partial charge in [0.25, 0.3) is 0 Å². The first kappa shape index (κ1) is 14.8. The summed E-state index contributed by atoms with van der Waals surface area (Å²) in [5, 5.41) is 9.15. The highest BCUT2D eigenvalue weighted by atomic mass is 32.2. The van der Waals surface area contributed by atoms with Crippen LogP contribution in [0.3, 0.4) is 0 Å². The lowest BCUT2D eigenvalue weighted by molar-refractivity contribution is 0.00780. The van der Waals surface area contributed by atoms with Crippen molar-refractivity contribution in [1.29, 1.82) is 0 Å². The zero-order valence-electron chi connectivity index (χ0n) is 12.0. The highest BCUT2D eigenvalue weighted by Crippen LogP contribution is 2.28. The minimum atomic E-state index is -0.00524. The van der Waals surface area contributed by atoms with Crippen molar-refractivity contribution in [3.63, 3.8) is 0 Å². The van der Waals surface area contributed by atoms with Gasteiger partial charge in [0.15, 0.2) is 5.82 Å². The maximum absolute atomic E-state index is 6.10. The Morgan fingerprint density at radius 1 is 1.48 bits per heavy atom. The quantitative estimate of drug-likeness (QED) is 0.671. The van der Waals surface area contributed by atoms with Crippen LogP contribution in [0.1, 0.15) is 41.8 Å². The number of thiazole rings is 1. The highest BCUT2D eigenvalue weighted by molar-refractivity contribution is 7.99. The number of aromatic nitrogens is 4. The largest absolute Gasteiger partial charge is 0.370 e. The third-order valence-corrected chi connectivity index (χ3v) is 5.50. The molecule has 0 aliphatic carbocycles. The third kappa shape index (κ3) is 3.38. The van der Waals surface area contributed by atoms with E-state index in [-0.39, 0.29) is 6.10 Å². The number of nitrogens with zero attached hydrogens (tertiary/aromatic N) is 4. The minimum absolute atomic E-state index is 0.00524. The Balaban J connectivity index is 1.58. The second-order valence-electron chi connectivity index (χ2n) is 5.03. The van der Waals surface area contributed by atoms with Crippen molar-refractivity contribution < 1.29 is 4.74 Å². The summed E-state index contributed by atoms with van der Waals surface area (Å²) in [7, 11) is 0. The summed E-state index contributed by atoms with van der Waals surface area (Å²) in [6.07, 6.45) is 4.22. The summed E-state index contributed by atoms with van der Waals surface area (Å²) in [6, 6.07) is 0. The van der Waals surface area contributed by atoms with Gasteiger partial charge in [-0.05, 0) is 32.6 Å². The lowest BCUT2D eigenvalue weighted by Gasteiger charge is -2.21. The van der Waals surface area contributed by atoms with Crippen LogP contribution < -0.4 is 5.84 Å². The maximum Gasteiger partial charge on any atom is 0.209 e. The van der Waals surface area contributed by atoms with Crippen LogP contribution in [0.4, 0.5) is 0 Å². The molecule has 1 fully saturated rings. The van der Waals surface area contributed by atoms with Crippen LogP contribution in [0.2, 0.25) is 0 Å². The average Bonchev–Trinajstić information content (AvgIpc) is 3.07. The van der Waals surface area contributed by atoms with E-state index in [0.717, 1.165) is 54.7 Å². The van der Waals surface area contributed by atoms with Crippen LogP contribution in [0.15, 0.2) is 10.7 Å². The predicted octanol–water partition coefficient (Wildman–Crippen LogP) is 2.33. The molecule has 0 aromatic carbocycles. The molecular weight excluding hydrogens is 306 g/mol. The van der Waals surface area contributed by atoms with E-state index < -0.39 is 0 Å². The fourth-order valence-electron chi connectivity index (χ4n) is 2.35. The average molecular weight is 325 g/mol. The molecule has 3 heterocycles. The summed E-state index contributed by atoms with van der Waals surface area (Å²) in [6.45, 7) is 2.82. The van der Waals surface area contributed by atoms with E-state index in [4.69, 9.17) is 10.6 Å². The number of rotatable bonds is 5. The molecule has 114 valence electrons. The molecule has 2 aromatic rings. The second-order valence-corrected chi connectivity index (χ2v) is 7.03. The predicted molar refractivity (Wildman–Crippen MR) is 84.0 cm³/mol. The number of hydrogen-bond donors (Lipinski definition) is 1. The van der Waals surface area contributed by atoms with Gasteiger partial charge in [-0.15, -0.1) is 21.5 Å². The molecule has 6 nitrogen and oxygen atoms in total. The van der Waals surface area contributed by atoms with Gasteiger partial charge >= 0.3 is 0 Å². The normalized spacial score (nSPS) is 19.0. The van der Waals surface area contributed by atoms with E-state index >= 15 is 0 Å². The molecule has 3 rings (SSSR count). The molecule has 0 bridgehead atoms. The Morgan fingerprint density at radius 2 is 2.38 bits per heavy atom. The molecule has 0 saturated carbocycles. The Morgan fingerprint density at radius 3 is 3.10 bits per heavy atom. The van der Waals surface area contributed by atoms with E-state index in [0.29, 0.717) is 0 Å². The van der Waals surface area contributed by atoms with Gasteiger partial charge in [0.2, 0.25) is 5.16 Å². The summed E-state index contributed by atoms with van der Waals surface area (Å²) in [4.78, 5) is 5.58. The summed E-state index contributed by atoms with van der Waals surface area (Å²) >= 11 is 3.32. The van der Waals surface area contributed by atoms with Crippen molar-refractivity contribution in [2.75, 3.05) is 18.2 Å². The summed E-state index contributed by atoms with van der Waals surface area (Å²) in [5.74, 6) is 7.77. The molecule has 0 radical (unpaired) electrons. The number of nitrogens with two attached hydrogens (primary N) is 1. The van der Waals surface area contributed by atoms with Gasteiger partial charge in [-0.3, -0.25) is 0 Å². The number of thioether (sulfide) groups is 1. The Kier molecular flexibility index (Phi) is 4.77. The molecule has 0 unspecified atom stereocenters. The van der Waals surface area contributed by atoms with Crippen molar-refractivity contribution in [1.82, 2.24) is 19.9 Å². The Hall–Kier alpha value is -1.12. The van der Waals surface area contributed by atoms with Gasteiger partial charge in [0, 0.05) is 17.2 Å². The van der Waals surface area contributed by atoms with Crippen molar-refractivity contribution in [3.8, 4) is 0 Å². The monoisotopic (exact) mass is 325 g/mol. The van der Waals surface area contributed by atoms with Crippen LogP contribution in [0.25, 0.3) is 0 Å². The first-order valence-electron chi connectivity index (χ1n) is 7.09. The van der Waals surface area contributed by atoms with Crippen molar-refractivity contribution in [2.24, 2.45) is 0 Å². The molecule has 1 saturated heterocycles. The molecule has 2 aromatic heterocycles. The fourth-order valence-corrected chi connectivity index (χ4v) is 4.08. The molecule has 0 amide bonds. The lowest BCUT2D eigenvalue weighted by Crippen LogP contribution is -2.21. The van der Waals surface area contributed by atoms with Gasteiger partial charge in [0.1, 0.15) is 6.10 Å². The number of nitrogen functional groups attached to an aromatic ring is 1. The van der Waals surface area contributed by atoms with Crippen molar-refractivity contribution in [3.05, 3.63) is 21.9 Å². The number of hydrogen-bond acceptors (Lipinski definition) is 7. The summed E-state index contributed by atoms with van der Waals surface area (Å²) < 4.78 is 7.30. The summed E-state index contributed by atoms with van der Waals surface area (Å²) in [5.41, 5.74) is 3.00. The first-order valence-corrected chi connectivity index (χ1v) is 8.96. The molecule has 1 aliphatic heterocycles. The zero-order chi connectivity index (χ0) is 14.7. The van der Waals surface area contributed by atoms with Gasteiger partial charge in [0.05, 0.1) is 11.2 Å². The second kappa shape index (κ2) is 6.76. The number of aryl methyl sites for hydroxylation is 2. The van der Waals surface area contributed by atoms with Crippen LogP contribution in [0.5, 0.6) is 0 Å². The topological polar surface area (TPSA) is 78.9 Å². The zero-order valence-corrected chi connectivity index (χ0v) is 13.6. The van der Waals surface area contributed by atoms with Gasteiger partial charge in [-0.25, -0.2) is 9.66 Å². The fraction of sp³-hybridized carbons (Fsp3) is 0.615.